The Morgan fingerprint density at radius 2 is 2.33 bits per heavy atom. The van der Waals surface area contributed by atoms with Gasteiger partial charge >= 0.3 is 6.03 Å². The third-order valence-electron chi connectivity index (χ3n) is 2.34. The maximum Gasteiger partial charge on any atom is 0.315 e. The van der Waals surface area contributed by atoms with E-state index in [-0.39, 0.29) is 17.9 Å². The van der Waals surface area contributed by atoms with Crippen LogP contribution in [0.4, 0.5) is 9.18 Å². The van der Waals surface area contributed by atoms with Crippen LogP contribution in [0.2, 0.25) is 0 Å². The predicted octanol–water partition coefficient (Wildman–Crippen LogP) is 1.19. The number of carbonyl (C=O) groups excluding carboxylic acids is 1. The summed E-state index contributed by atoms with van der Waals surface area (Å²) in [7, 11) is 1.51. The first kappa shape index (κ1) is 9.76. The fourth-order valence-corrected chi connectivity index (χ4v) is 1.62. The molecule has 1 aliphatic heterocycles. The van der Waals surface area contributed by atoms with Crippen LogP contribution in [-0.4, -0.2) is 19.7 Å². The first-order chi connectivity index (χ1) is 7.20. The Morgan fingerprint density at radius 3 is 2.93 bits per heavy atom. The van der Waals surface area contributed by atoms with E-state index in [9.17, 15) is 9.18 Å². The van der Waals surface area contributed by atoms with Crippen molar-refractivity contribution in [1.82, 2.24) is 10.6 Å². The molecule has 0 aliphatic carbocycles. The highest BCUT2D eigenvalue weighted by Gasteiger charge is 2.24. The highest BCUT2D eigenvalue weighted by molar-refractivity contribution is 5.77. The molecule has 1 heterocycles. The number of halogens is 1. The summed E-state index contributed by atoms with van der Waals surface area (Å²) in [6.45, 7) is 0.443. The molecule has 5 heteroatoms. The van der Waals surface area contributed by atoms with Gasteiger partial charge in [-0.3, -0.25) is 0 Å². The summed E-state index contributed by atoms with van der Waals surface area (Å²) in [6.07, 6.45) is 0. The van der Waals surface area contributed by atoms with E-state index in [2.05, 4.69) is 10.6 Å². The Balaban J connectivity index is 2.33. The van der Waals surface area contributed by atoms with Crippen molar-refractivity contribution in [3.63, 3.8) is 0 Å². The van der Waals surface area contributed by atoms with Crippen LogP contribution in [0, 0.1) is 5.82 Å². The molecule has 1 saturated heterocycles. The monoisotopic (exact) mass is 210 g/mol. The number of benzene rings is 1. The van der Waals surface area contributed by atoms with Crippen molar-refractivity contribution in [1.29, 1.82) is 0 Å². The van der Waals surface area contributed by atoms with Crippen molar-refractivity contribution in [2.24, 2.45) is 0 Å². The maximum absolute atomic E-state index is 13.0. The van der Waals surface area contributed by atoms with Crippen molar-refractivity contribution in [3.05, 3.63) is 29.6 Å². The van der Waals surface area contributed by atoms with Gasteiger partial charge in [0.25, 0.3) is 0 Å². The minimum absolute atomic E-state index is 0.233. The van der Waals surface area contributed by atoms with Crippen LogP contribution >= 0.6 is 0 Å². The Hall–Kier alpha value is -1.78. The van der Waals surface area contributed by atoms with Crippen LogP contribution in [0.25, 0.3) is 0 Å². The lowest BCUT2D eigenvalue weighted by Gasteiger charge is -2.13. The fraction of sp³-hybridized carbons (Fsp3) is 0.300. The third-order valence-corrected chi connectivity index (χ3v) is 2.34. The first-order valence-electron chi connectivity index (χ1n) is 4.58. The topological polar surface area (TPSA) is 50.4 Å². The van der Waals surface area contributed by atoms with E-state index in [1.54, 1.807) is 6.07 Å². The van der Waals surface area contributed by atoms with Crippen molar-refractivity contribution in [2.75, 3.05) is 13.7 Å². The smallest absolute Gasteiger partial charge is 0.315 e. The summed E-state index contributed by atoms with van der Waals surface area (Å²) in [4.78, 5) is 11.0. The van der Waals surface area contributed by atoms with Crippen molar-refractivity contribution < 1.29 is 13.9 Å². The molecular weight excluding hydrogens is 199 g/mol. The van der Waals surface area contributed by atoms with Gasteiger partial charge in [-0.05, 0) is 18.2 Å². The summed E-state index contributed by atoms with van der Waals surface area (Å²) in [5.41, 5.74) is 0.649. The van der Waals surface area contributed by atoms with Crippen LogP contribution in [0.15, 0.2) is 18.2 Å². The second-order valence-electron chi connectivity index (χ2n) is 3.29. The molecule has 1 fully saturated rings. The zero-order chi connectivity index (χ0) is 10.8. The lowest BCUT2D eigenvalue weighted by atomic mass is 10.1. The van der Waals surface area contributed by atoms with Gasteiger partial charge in [0.1, 0.15) is 11.6 Å². The van der Waals surface area contributed by atoms with Crippen LogP contribution in [0.5, 0.6) is 5.75 Å². The molecule has 2 N–H and O–H groups in total. The third kappa shape index (κ3) is 1.86. The lowest BCUT2D eigenvalue weighted by molar-refractivity contribution is 0.247. The van der Waals surface area contributed by atoms with Gasteiger partial charge in [-0.2, -0.15) is 0 Å². The quantitative estimate of drug-likeness (QED) is 0.770. The Labute approximate surface area is 86.4 Å². The number of nitrogens with one attached hydrogen (secondary N) is 2. The van der Waals surface area contributed by atoms with Gasteiger partial charge in [0.2, 0.25) is 0 Å². The molecule has 1 aromatic rings. The van der Waals surface area contributed by atoms with Crippen molar-refractivity contribution in [2.45, 2.75) is 6.04 Å². The minimum atomic E-state index is -0.341. The minimum Gasteiger partial charge on any atom is -0.496 e. The Kier molecular flexibility index (Phi) is 2.45. The van der Waals surface area contributed by atoms with Crippen molar-refractivity contribution in [3.8, 4) is 5.75 Å². The second-order valence-corrected chi connectivity index (χ2v) is 3.29. The van der Waals surface area contributed by atoms with E-state index in [1.807, 2.05) is 0 Å². The molecule has 80 valence electrons. The van der Waals surface area contributed by atoms with Crippen LogP contribution in [0.3, 0.4) is 0 Å². The number of amides is 2. The van der Waals surface area contributed by atoms with Gasteiger partial charge in [-0.25, -0.2) is 9.18 Å². The van der Waals surface area contributed by atoms with Gasteiger partial charge in [0.15, 0.2) is 0 Å². The molecule has 15 heavy (non-hydrogen) atoms. The summed E-state index contributed by atoms with van der Waals surface area (Å²) in [6, 6.07) is 3.77. The molecule has 4 nitrogen and oxygen atoms in total. The van der Waals surface area contributed by atoms with Gasteiger partial charge in [-0.1, -0.05) is 0 Å². The van der Waals surface area contributed by atoms with Gasteiger partial charge in [-0.15, -0.1) is 0 Å². The van der Waals surface area contributed by atoms with E-state index in [4.69, 9.17) is 4.74 Å². The standard InChI is InChI=1S/C10H11FN2O2/c1-15-9-3-2-6(11)4-7(9)8-5-12-10(14)13-8/h2-4,8H,5H2,1H3,(H2,12,13,14)/t8-/m1/s1. The molecular formula is C10H11FN2O2. The van der Waals surface area contributed by atoms with Crippen LogP contribution in [-0.2, 0) is 0 Å². The Morgan fingerprint density at radius 1 is 1.53 bits per heavy atom. The van der Waals surface area contributed by atoms with E-state index in [1.165, 1.54) is 19.2 Å². The summed E-state index contributed by atoms with van der Waals surface area (Å²) in [5.74, 6) is 0.234. The van der Waals surface area contributed by atoms with Crippen LogP contribution in [0.1, 0.15) is 11.6 Å². The highest BCUT2D eigenvalue weighted by atomic mass is 19.1. The van der Waals surface area contributed by atoms with E-state index in [0.29, 0.717) is 17.9 Å². The van der Waals surface area contributed by atoms with Gasteiger partial charge < -0.3 is 15.4 Å². The Bertz CT molecular complexity index is 395. The number of urea groups is 1. The SMILES string of the molecule is COc1ccc(F)cc1[C@H]1CNC(=O)N1. The molecule has 1 aromatic carbocycles. The summed E-state index contributed by atoms with van der Waals surface area (Å²) >= 11 is 0. The number of carbonyl (C=O) groups is 1. The number of methoxy groups -OCH3 is 1. The number of hydrogen-bond acceptors (Lipinski definition) is 2. The average molecular weight is 210 g/mol. The molecule has 0 spiro atoms. The molecule has 2 amide bonds. The van der Waals surface area contributed by atoms with E-state index >= 15 is 0 Å². The van der Waals surface area contributed by atoms with E-state index in [0.717, 1.165) is 0 Å². The number of hydrogen-bond donors (Lipinski definition) is 2. The molecule has 0 aromatic heterocycles. The zero-order valence-corrected chi connectivity index (χ0v) is 8.21. The first-order valence-corrected chi connectivity index (χ1v) is 4.58. The normalized spacial score (nSPS) is 19.6. The molecule has 0 bridgehead atoms. The molecule has 0 unspecified atom stereocenters. The maximum atomic E-state index is 13.0. The predicted molar refractivity (Wildman–Crippen MR) is 52.2 cm³/mol. The summed E-state index contributed by atoms with van der Waals surface area (Å²) < 4.78 is 18.1. The number of rotatable bonds is 2. The highest BCUT2D eigenvalue weighted by Crippen LogP contribution is 2.26. The molecule has 1 atom stereocenters. The van der Waals surface area contributed by atoms with Gasteiger partial charge in [0.05, 0.1) is 13.2 Å². The molecule has 0 radical (unpaired) electrons. The number of ether oxygens (including phenoxy) is 1. The summed E-state index contributed by atoms with van der Waals surface area (Å²) in [5, 5.41) is 5.29. The largest absolute Gasteiger partial charge is 0.496 e. The van der Waals surface area contributed by atoms with Crippen LogP contribution < -0.4 is 15.4 Å². The molecule has 0 saturated carbocycles. The van der Waals surface area contributed by atoms with Crippen molar-refractivity contribution >= 4 is 6.03 Å². The zero-order valence-electron chi connectivity index (χ0n) is 8.21. The van der Waals surface area contributed by atoms with Gasteiger partial charge in [0, 0.05) is 12.1 Å². The fourth-order valence-electron chi connectivity index (χ4n) is 1.62. The second kappa shape index (κ2) is 3.76. The molecule has 2 rings (SSSR count). The van der Waals surface area contributed by atoms with E-state index < -0.39 is 0 Å². The lowest BCUT2D eigenvalue weighted by Crippen LogP contribution is -2.22. The average Bonchev–Trinajstić information content (AvgIpc) is 2.65. The molecule has 1 aliphatic rings.